The van der Waals surface area contributed by atoms with Crippen molar-refractivity contribution in [3.8, 4) is 0 Å². The van der Waals surface area contributed by atoms with Crippen molar-refractivity contribution in [2.24, 2.45) is 0 Å². The third kappa shape index (κ3) is 3.52. The maximum atomic E-state index is 11.3. The number of nitrogens with zero attached hydrogens (tertiary/aromatic N) is 2. The maximum absolute atomic E-state index is 11.3. The van der Waals surface area contributed by atoms with Crippen molar-refractivity contribution >= 4 is 33.4 Å². The first-order valence-electron chi connectivity index (χ1n) is 4.76. The van der Waals surface area contributed by atoms with Crippen LogP contribution >= 0.6 is 15.9 Å². The standard InChI is InChI=1S/C10H10BrN3O4/c1-6(11)5-12-9-8(14(16)17)4-3-7(13-9)10(15)18-2/h3-4H,1,5H2,2H3,(H,12,13). The van der Waals surface area contributed by atoms with Crippen molar-refractivity contribution < 1.29 is 14.5 Å². The minimum absolute atomic E-state index is 0.00853. The van der Waals surface area contributed by atoms with E-state index in [1.807, 2.05) is 0 Å². The van der Waals surface area contributed by atoms with Gasteiger partial charge in [0.05, 0.1) is 12.0 Å². The quantitative estimate of drug-likeness (QED) is 0.508. The SMILES string of the molecule is C=C(Br)CNc1nc(C(=O)OC)ccc1[N+](=O)[O-]. The topological polar surface area (TPSA) is 94.4 Å². The summed E-state index contributed by atoms with van der Waals surface area (Å²) in [5.41, 5.74) is -0.234. The van der Waals surface area contributed by atoms with Crippen LogP contribution in [0, 0.1) is 10.1 Å². The Balaban J connectivity index is 3.11. The highest BCUT2D eigenvalue weighted by Gasteiger charge is 2.18. The van der Waals surface area contributed by atoms with Gasteiger partial charge < -0.3 is 10.1 Å². The van der Waals surface area contributed by atoms with Gasteiger partial charge in [-0.2, -0.15) is 0 Å². The maximum Gasteiger partial charge on any atom is 0.356 e. The highest BCUT2D eigenvalue weighted by Crippen LogP contribution is 2.22. The third-order valence-corrected chi connectivity index (χ3v) is 2.19. The molecule has 1 aromatic heterocycles. The lowest BCUT2D eigenvalue weighted by Crippen LogP contribution is -2.10. The summed E-state index contributed by atoms with van der Waals surface area (Å²) in [7, 11) is 1.21. The van der Waals surface area contributed by atoms with E-state index in [0.717, 1.165) is 0 Å². The summed E-state index contributed by atoms with van der Waals surface area (Å²) in [4.78, 5) is 25.3. The zero-order valence-electron chi connectivity index (χ0n) is 9.47. The molecule has 0 aliphatic carbocycles. The molecule has 8 heteroatoms. The average molecular weight is 316 g/mol. The predicted molar refractivity (Wildman–Crippen MR) is 68.8 cm³/mol. The molecule has 1 aromatic rings. The highest BCUT2D eigenvalue weighted by molar-refractivity contribution is 9.11. The smallest absolute Gasteiger partial charge is 0.356 e. The number of hydrogen-bond donors (Lipinski definition) is 1. The number of aromatic nitrogens is 1. The Hall–Kier alpha value is -1.96. The molecule has 0 saturated heterocycles. The summed E-state index contributed by atoms with van der Waals surface area (Å²) in [5.74, 6) is -0.672. The van der Waals surface area contributed by atoms with Gasteiger partial charge in [0.15, 0.2) is 5.69 Å². The second kappa shape index (κ2) is 6.10. The Labute approximate surface area is 111 Å². The second-order valence-electron chi connectivity index (χ2n) is 3.18. The molecule has 0 atom stereocenters. The Morgan fingerprint density at radius 2 is 2.33 bits per heavy atom. The van der Waals surface area contributed by atoms with E-state index in [1.54, 1.807) is 0 Å². The zero-order chi connectivity index (χ0) is 13.7. The van der Waals surface area contributed by atoms with E-state index in [4.69, 9.17) is 0 Å². The van der Waals surface area contributed by atoms with Gasteiger partial charge in [-0.05, 0) is 6.07 Å². The molecule has 18 heavy (non-hydrogen) atoms. The van der Waals surface area contributed by atoms with Crippen molar-refractivity contribution in [1.82, 2.24) is 4.98 Å². The third-order valence-electron chi connectivity index (χ3n) is 1.91. The molecule has 0 aromatic carbocycles. The number of carbonyl (C=O) groups is 1. The molecule has 1 rings (SSSR count). The lowest BCUT2D eigenvalue weighted by molar-refractivity contribution is -0.384. The fraction of sp³-hybridized carbons (Fsp3) is 0.200. The van der Waals surface area contributed by atoms with E-state index in [1.165, 1.54) is 19.2 Å². The fourth-order valence-corrected chi connectivity index (χ4v) is 1.27. The van der Waals surface area contributed by atoms with Crippen LogP contribution in [0.2, 0.25) is 0 Å². The van der Waals surface area contributed by atoms with E-state index in [9.17, 15) is 14.9 Å². The summed E-state index contributed by atoms with van der Waals surface area (Å²) < 4.78 is 5.09. The number of anilines is 1. The summed E-state index contributed by atoms with van der Waals surface area (Å²) in [5, 5.41) is 13.5. The second-order valence-corrected chi connectivity index (χ2v) is 4.31. The van der Waals surface area contributed by atoms with Crippen LogP contribution in [0.4, 0.5) is 11.5 Å². The lowest BCUT2D eigenvalue weighted by atomic mass is 10.3. The molecule has 1 heterocycles. The molecule has 0 fully saturated rings. The van der Waals surface area contributed by atoms with Crippen LogP contribution in [0.5, 0.6) is 0 Å². The predicted octanol–water partition coefficient (Wildman–Crippen LogP) is 2.10. The van der Waals surface area contributed by atoms with Crippen molar-refractivity contribution in [2.45, 2.75) is 0 Å². The van der Waals surface area contributed by atoms with Crippen LogP contribution in [-0.4, -0.2) is 29.5 Å². The number of esters is 1. The van der Waals surface area contributed by atoms with Gasteiger partial charge in [0, 0.05) is 17.1 Å². The molecule has 0 bridgehead atoms. The summed E-state index contributed by atoms with van der Waals surface area (Å²) in [6.45, 7) is 3.83. The van der Waals surface area contributed by atoms with Crippen molar-refractivity contribution in [1.29, 1.82) is 0 Å². The first kappa shape index (κ1) is 14.1. The average Bonchev–Trinajstić information content (AvgIpc) is 2.34. The number of rotatable bonds is 5. The van der Waals surface area contributed by atoms with Crippen LogP contribution < -0.4 is 5.32 Å². The Morgan fingerprint density at radius 1 is 1.67 bits per heavy atom. The highest BCUT2D eigenvalue weighted by atomic mass is 79.9. The number of hydrogen-bond acceptors (Lipinski definition) is 6. The van der Waals surface area contributed by atoms with Gasteiger partial charge in [-0.25, -0.2) is 9.78 Å². The molecule has 1 N–H and O–H groups in total. The first-order valence-corrected chi connectivity index (χ1v) is 5.56. The normalized spacial score (nSPS) is 9.67. The molecule has 7 nitrogen and oxygen atoms in total. The van der Waals surface area contributed by atoms with Crippen molar-refractivity contribution in [3.63, 3.8) is 0 Å². The summed E-state index contributed by atoms with van der Waals surface area (Å²) in [6, 6.07) is 2.43. The Morgan fingerprint density at radius 3 is 2.83 bits per heavy atom. The first-order chi connectivity index (χ1) is 8.45. The van der Waals surface area contributed by atoms with Crippen LogP contribution in [0.3, 0.4) is 0 Å². The number of pyridine rings is 1. The summed E-state index contributed by atoms with van der Waals surface area (Å²) in [6.07, 6.45) is 0. The molecule has 0 unspecified atom stereocenters. The number of methoxy groups -OCH3 is 1. The van der Waals surface area contributed by atoms with Gasteiger partial charge in [0.25, 0.3) is 0 Å². The van der Waals surface area contributed by atoms with Gasteiger partial charge in [0.1, 0.15) is 0 Å². The van der Waals surface area contributed by atoms with Crippen molar-refractivity contribution in [3.05, 3.63) is 39.0 Å². The van der Waals surface area contributed by atoms with Crippen LogP contribution in [0.1, 0.15) is 10.5 Å². The number of nitro groups is 1. The molecule has 0 amide bonds. The van der Waals surface area contributed by atoms with Gasteiger partial charge in [-0.1, -0.05) is 22.5 Å². The van der Waals surface area contributed by atoms with E-state index in [2.05, 4.69) is 37.5 Å². The van der Waals surface area contributed by atoms with E-state index in [0.29, 0.717) is 4.48 Å². The molecule has 0 spiro atoms. The van der Waals surface area contributed by atoms with Crippen LogP contribution in [0.25, 0.3) is 0 Å². The molecule has 0 saturated carbocycles. The Bertz CT molecular complexity index is 504. The monoisotopic (exact) mass is 315 g/mol. The minimum Gasteiger partial charge on any atom is -0.464 e. The van der Waals surface area contributed by atoms with Crippen LogP contribution in [-0.2, 0) is 4.74 Å². The van der Waals surface area contributed by atoms with Gasteiger partial charge in [-0.15, -0.1) is 0 Å². The number of ether oxygens (including phenoxy) is 1. The van der Waals surface area contributed by atoms with E-state index < -0.39 is 10.9 Å². The van der Waals surface area contributed by atoms with Gasteiger partial charge >= 0.3 is 11.7 Å². The van der Waals surface area contributed by atoms with Gasteiger partial charge in [-0.3, -0.25) is 10.1 Å². The molecule has 0 aliphatic heterocycles. The van der Waals surface area contributed by atoms with E-state index in [-0.39, 0.29) is 23.7 Å². The van der Waals surface area contributed by atoms with Gasteiger partial charge in [0.2, 0.25) is 5.82 Å². The number of nitrogens with one attached hydrogen (secondary N) is 1. The number of carbonyl (C=O) groups excluding carboxylic acids is 1. The number of halogens is 1. The van der Waals surface area contributed by atoms with Crippen LogP contribution in [0.15, 0.2) is 23.2 Å². The molecule has 0 aliphatic rings. The minimum atomic E-state index is -0.661. The fourth-order valence-electron chi connectivity index (χ4n) is 1.13. The Kier molecular flexibility index (Phi) is 4.78. The molecular formula is C10H10BrN3O4. The largest absolute Gasteiger partial charge is 0.464 e. The van der Waals surface area contributed by atoms with E-state index >= 15 is 0 Å². The molecular weight excluding hydrogens is 306 g/mol. The van der Waals surface area contributed by atoms with Crippen molar-refractivity contribution in [2.75, 3.05) is 19.0 Å². The lowest BCUT2D eigenvalue weighted by Gasteiger charge is -2.06. The summed E-state index contributed by atoms with van der Waals surface area (Å²) >= 11 is 3.11. The zero-order valence-corrected chi connectivity index (χ0v) is 11.1. The molecule has 0 radical (unpaired) electrons. The molecule has 96 valence electrons.